The van der Waals surface area contributed by atoms with Gasteiger partial charge in [-0.3, -0.25) is 20.4 Å². The lowest BCUT2D eigenvalue weighted by Gasteiger charge is -2.10. The molecule has 0 saturated heterocycles. The molecule has 0 spiro atoms. The molecule has 0 saturated carbocycles. The van der Waals surface area contributed by atoms with Gasteiger partial charge < -0.3 is 23.7 Å². The van der Waals surface area contributed by atoms with E-state index >= 15 is 0 Å². The zero-order valence-corrected chi connectivity index (χ0v) is 16.8. The van der Waals surface area contributed by atoms with Crippen LogP contribution in [0.2, 0.25) is 0 Å². The third-order valence-electron chi connectivity index (χ3n) is 4.12. The normalized spacial score (nSPS) is 11.7. The van der Waals surface area contributed by atoms with Crippen molar-refractivity contribution in [3.8, 4) is 23.0 Å². The van der Waals surface area contributed by atoms with Gasteiger partial charge in [-0.2, -0.15) is 0 Å². The fraction of sp³-hybridized carbons (Fsp3) is 0.190. The van der Waals surface area contributed by atoms with Crippen molar-refractivity contribution in [2.45, 2.75) is 0 Å². The number of rotatable bonds is 7. The Labute approximate surface area is 177 Å². The molecular weight excluding hydrogens is 408 g/mol. The molecule has 3 rings (SSSR count). The van der Waals surface area contributed by atoms with Crippen molar-refractivity contribution in [3.63, 3.8) is 0 Å². The molecule has 0 radical (unpaired) electrons. The average molecular weight is 428 g/mol. The highest BCUT2D eigenvalue weighted by Crippen LogP contribution is 2.32. The minimum atomic E-state index is -0.723. The highest BCUT2D eigenvalue weighted by molar-refractivity contribution is 5.96. The quantitative estimate of drug-likeness (QED) is 0.386. The van der Waals surface area contributed by atoms with Crippen LogP contribution in [-0.2, 0) is 14.3 Å². The molecule has 2 aromatic carbocycles. The van der Waals surface area contributed by atoms with Gasteiger partial charge in [-0.15, -0.1) is 0 Å². The van der Waals surface area contributed by atoms with Gasteiger partial charge in [0, 0.05) is 11.6 Å². The largest absolute Gasteiger partial charge is 0.493 e. The third-order valence-corrected chi connectivity index (χ3v) is 4.12. The molecule has 1 heterocycles. The van der Waals surface area contributed by atoms with E-state index in [4.69, 9.17) is 23.7 Å². The minimum absolute atomic E-state index is 0.155. The van der Waals surface area contributed by atoms with Crippen LogP contribution >= 0.6 is 0 Å². The van der Waals surface area contributed by atoms with Crippen molar-refractivity contribution in [1.82, 2.24) is 10.9 Å². The monoisotopic (exact) mass is 428 g/mol. The number of amides is 2. The zero-order valence-electron chi connectivity index (χ0n) is 16.8. The number of carbonyl (C=O) groups is 3. The Bertz CT molecular complexity index is 1020. The first-order chi connectivity index (χ1) is 15.0. The SMILES string of the molecule is COc1ccc(C(=O)NNC(=O)COC(=O)/C=C/c2ccc3c(c2)OCO3)cc1OC. The molecule has 31 heavy (non-hydrogen) atoms. The summed E-state index contributed by atoms with van der Waals surface area (Å²) in [6, 6.07) is 9.70. The van der Waals surface area contributed by atoms with Crippen LogP contribution in [0.4, 0.5) is 0 Å². The van der Waals surface area contributed by atoms with Crippen LogP contribution in [0.5, 0.6) is 23.0 Å². The van der Waals surface area contributed by atoms with Crippen LogP contribution in [0.25, 0.3) is 6.08 Å². The smallest absolute Gasteiger partial charge is 0.331 e. The Morgan fingerprint density at radius 2 is 1.74 bits per heavy atom. The summed E-state index contributed by atoms with van der Waals surface area (Å²) in [7, 11) is 2.92. The third kappa shape index (κ3) is 5.66. The summed E-state index contributed by atoms with van der Waals surface area (Å²) in [5.74, 6) is 0.0288. The van der Waals surface area contributed by atoms with E-state index in [1.54, 1.807) is 24.3 Å². The standard InChI is InChI=1S/C21H20N2O8/c1-27-15-7-5-14(10-17(15)28-2)21(26)23-22-19(24)11-29-20(25)8-4-13-3-6-16-18(9-13)31-12-30-16/h3-10H,11-12H2,1-2H3,(H,22,24)(H,23,26)/b8-4+. The Morgan fingerprint density at radius 3 is 2.52 bits per heavy atom. The van der Waals surface area contributed by atoms with Gasteiger partial charge in [0.25, 0.3) is 11.8 Å². The highest BCUT2D eigenvalue weighted by Gasteiger charge is 2.13. The molecule has 0 aromatic heterocycles. The second-order valence-corrected chi connectivity index (χ2v) is 6.13. The number of methoxy groups -OCH3 is 2. The second kappa shape index (κ2) is 10.0. The fourth-order valence-electron chi connectivity index (χ4n) is 2.58. The summed E-state index contributed by atoms with van der Waals surface area (Å²) < 4.78 is 25.5. The summed E-state index contributed by atoms with van der Waals surface area (Å²) in [6.07, 6.45) is 2.69. The molecule has 2 aromatic rings. The van der Waals surface area contributed by atoms with Crippen molar-refractivity contribution < 1.29 is 38.1 Å². The first-order valence-corrected chi connectivity index (χ1v) is 9.06. The van der Waals surface area contributed by atoms with E-state index in [0.29, 0.717) is 28.6 Å². The number of carbonyl (C=O) groups excluding carboxylic acids is 3. The molecule has 10 nitrogen and oxygen atoms in total. The van der Waals surface area contributed by atoms with Gasteiger partial charge in [0.2, 0.25) is 6.79 Å². The van der Waals surface area contributed by atoms with Crippen LogP contribution in [0.15, 0.2) is 42.5 Å². The summed E-state index contributed by atoms with van der Waals surface area (Å²) in [5, 5.41) is 0. The van der Waals surface area contributed by atoms with Crippen molar-refractivity contribution in [1.29, 1.82) is 0 Å². The Hall–Kier alpha value is -4.21. The van der Waals surface area contributed by atoms with Crippen molar-refractivity contribution in [3.05, 3.63) is 53.6 Å². The van der Waals surface area contributed by atoms with Crippen LogP contribution in [0.3, 0.4) is 0 Å². The number of benzene rings is 2. The Balaban J connectivity index is 1.43. The van der Waals surface area contributed by atoms with Crippen molar-refractivity contribution in [2.24, 2.45) is 0 Å². The number of esters is 1. The van der Waals surface area contributed by atoms with Gasteiger partial charge >= 0.3 is 5.97 Å². The molecule has 1 aliphatic heterocycles. The molecule has 10 heteroatoms. The molecule has 0 bridgehead atoms. The average Bonchev–Trinajstić information content (AvgIpc) is 3.27. The summed E-state index contributed by atoms with van der Waals surface area (Å²) in [4.78, 5) is 35.7. The number of hydrogen-bond acceptors (Lipinski definition) is 8. The topological polar surface area (TPSA) is 121 Å². The van der Waals surface area contributed by atoms with E-state index in [2.05, 4.69) is 10.9 Å². The molecule has 0 unspecified atom stereocenters. The van der Waals surface area contributed by atoms with Gasteiger partial charge in [-0.05, 0) is 42.0 Å². The Morgan fingerprint density at radius 1 is 0.968 bits per heavy atom. The lowest BCUT2D eigenvalue weighted by molar-refractivity contribution is -0.144. The molecular formula is C21H20N2O8. The van der Waals surface area contributed by atoms with Gasteiger partial charge in [-0.1, -0.05) is 6.07 Å². The van der Waals surface area contributed by atoms with E-state index < -0.39 is 24.4 Å². The predicted octanol–water partition coefficient (Wildman–Crippen LogP) is 1.45. The van der Waals surface area contributed by atoms with Crippen LogP contribution in [0, 0.1) is 0 Å². The minimum Gasteiger partial charge on any atom is -0.493 e. The van der Waals surface area contributed by atoms with Crippen molar-refractivity contribution >= 4 is 23.9 Å². The maximum Gasteiger partial charge on any atom is 0.331 e. The molecule has 0 fully saturated rings. The number of fused-ring (bicyclic) bond motifs is 1. The number of ether oxygens (including phenoxy) is 5. The maximum atomic E-state index is 12.1. The molecule has 0 aliphatic carbocycles. The second-order valence-electron chi connectivity index (χ2n) is 6.13. The first-order valence-electron chi connectivity index (χ1n) is 9.06. The van der Waals surface area contributed by atoms with E-state index in [9.17, 15) is 14.4 Å². The molecule has 2 N–H and O–H groups in total. The van der Waals surface area contributed by atoms with E-state index in [-0.39, 0.29) is 12.4 Å². The van der Waals surface area contributed by atoms with E-state index in [1.165, 1.54) is 38.5 Å². The van der Waals surface area contributed by atoms with Gasteiger partial charge in [-0.25, -0.2) is 4.79 Å². The fourth-order valence-corrected chi connectivity index (χ4v) is 2.58. The molecule has 1 aliphatic rings. The van der Waals surface area contributed by atoms with Gasteiger partial charge in [0.15, 0.2) is 29.6 Å². The van der Waals surface area contributed by atoms with Crippen LogP contribution < -0.4 is 29.8 Å². The Kier molecular flexibility index (Phi) is 6.94. The molecule has 162 valence electrons. The molecule has 0 atom stereocenters. The van der Waals surface area contributed by atoms with Crippen LogP contribution in [-0.4, -0.2) is 45.4 Å². The zero-order chi connectivity index (χ0) is 22.2. The van der Waals surface area contributed by atoms with Crippen LogP contribution in [0.1, 0.15) is 15.9 Å². The summed E-state index contributed by atoms with van der Waals surface area (Å²) in [5.41, 5.74) is 5.32. The van der Waals surface area contributed by atoms with E-state index in [0.717, 1.165) is 0 Å². The maximum absolute atomic E-state index is 12.1. The lowest BCUT2D eigenvalue weighted by atomic mass is 10.2. The number of hydrazine groups is 1. The van der Waals surface area contributed by atoms with Gasteiger partial charge in [0.05, 0.1) is 14.2 Å². The van der Waals surface area contributed by atoms with Gasteiger partial charge in [0.1, 0.15) is 0 Å². The molecule has 2 amide bonds. The predicted molar refractivity (Wildman–Crippen MR) is 108 cm³/mol. The number of nitrogens with one attached hydrogen (secondary N) is 2. The summed E-state index contributed by atoms with van der Waals surface area (Å²) in [6.45, 7) is -0.418. The first kappa shape index (κ1) is 21.5. The van der Waals surface area contributed by atoms with E-state index in [1.807, 2.05) is 0 Å². The lowest BCUT2D eigenvalue weighted by Crippen LogP contribution is -2.43. The van der Waals surface area contributed by atoms with Crippen molar-refractivity contribution in [2.75, 3.05) is 27.6 Å². The number of hydrogen-bond donors (Lipinski definition) is 2. The highest BCUT2D eigenvalue weighted by atomic mass is 16.7. The summed E-state index contributed by atoms with van der Waals surface area (Å²) >= 11 is 0.